The van der Waals surface area contributed by atoms with Gasteiger partial charge in [-0.3, -0.25) is 4.79 Å². The molecule has 1 N–H and O–H groups in total. The Labute approximate surface area is 91.0 Å². The third-order valence-electron chi connectivity index (χ3n) is 1.64. The number of aliphatic carboxylic acids is 1. The zero-order valence-electron chi connectivity index (χ0n) is 8.22. The van der Waals surface area contributed by atoms with Crippen molar-refractivity contribution >= 4 is 12.3 Å². The van der Waals surface area contributed by atoms with E-state index in [1.54, 1.807) is 0 Å². The maximum absolute atomic E-state index is 12.9. The molecule has 0 aliphatic carbocycles. The second kappa shape index (κ2) is 5.65. The van der Waals surface area contributed by atoms with E-state index in [9.17, 15) is 14.0 Å². The number of aldehydes is 1. The zero-order valence-corrected chi connectivity index (χ0v) is 8.22. The lowest BCUT2D eigenvalue weighted by molar-refractivity contribution is -0.131. The summed E-state index contributed by atoms with van der Waals surface area (Å²) in [5.41, 5.74) is 0.164. The number of hydrogen-bond acceptors (Lipinski definition) is 3. The maximum atomic E-state index is 12.9. The first-order valence-electron chi connectivity index (χ1n) is 4.40. The highest BCUT2D eigenvalue weighted by Crippen LogP contribution is 2.15. The van der Waals surface area contributed by atoms with Crippen LogP contribution in [0.15, 0.2) is 30.4 Å². The Morgan fingerprint density at radius 2 is 2.19 bits per heavy atom. The lowest BCUT2D eigenvalue weighted by Gasteiger charge is -2.03. The summed E-state index contributed by atoms with van der Waals surface area (Å²) in [5, 5.41) is 8.29. The van der Waals surface area contributed by atoms with Crippen LogP contribution in [-0.2, 0) is 4.79 Å². The molecule has 1 aromatic carbocycles. The molecular formula is C11H9FO4. The van der Waals surface area contributed by atoms with Gasteiger partial charge in [-0.2, -0.15) is 0 Å². The van der Waals surface area contributed by atoms with Gasteiger partial charge in [0.25, 0.3) is 0 Å². The van der Waals surface area contributed by atoms with Gasteiger partial charge in [0.05, 0.1) is 0 Å². The van der Waals surface area contributed by atoms with Crippen LogP contribution >= 0.6 is 0 Å². The van der Waals surface area contributed by atoms with Crippen molar-refractivity contribution in [2.75, 3.05) is 6.61 Å². The Morgan fingerprint density at radius 3 is 2.81 bits per heavy atom. The van der Waals surface area contributed by atoms with Gasteiger partial charge in [-0.15, -0.1) is 0 Å². The normalized spacial score (nSPS) is 10.3. The number of carboxylic acid groups (broad SMARTS) is 1. The summed E-state index contributed by atoms with van der Waals surface area (Å²) in [4.78, 5) is 20.5. The maximum Gasteiger partial charge on any atom is 0.328 e. The van der Waals surface area contributed by atoms with Crippen molar-refractivity contribution in [3.63, 3.8) is 0 Å². The first-order valence-corrected chi connectivity index (χ1v) is 4.40. The topological polar surface area (TPSA) is 63.6 Å². The molecule has 84 valence electrons. The molecule has 0 saturated heterocycles. The molecule has 1 rings (SSSR count). The molecule has 0 aliphatic heterocycles. The van der Waals surface area contributed by atoms with E-state index in [0.29, 0.717) is 6.29 Å². The van der Waals surface area contributed by atoms with Crippen LogP contribution in [-0.4, -0.2) is 24.0 Å². The van der Waals surface area contributed by atoms with Crippen LogP contribution in [0, 0.1) is 5.82 Å². The monoisotopic (exact) mass is 224 g/mol. The van der Waals surface area contributed by atoms with Gasteiger partial charge < -0.3 is 9.84 Å². The van der Waals surface area contributed by atoms with Crippen LogP contribution in [0.3, 0.4) is 0 Å². The van der Waals surface area contributed by atoms with Gasteiger partial charge in [-0.25, -0.2) is 9.18 Å². The van der Waals surface area contributed by atoms with Gasteiger partial charge >= 0.3 is 5.97 Å². The van der Waals surface area contributed by atoms with E-state index in [4.69, 9.17) is 9.84 Å². The van der Waals surface area contributed by atoms with Crippen molar-refractivity contribution in [1.29, 1.82) is 0 Å². The number of rotatable bonds is 5. The zero-order chi connectivity index (χ0) is 12.0. The fraction of sp³-hybridized carbons (Fsp3) is 0.0909. The SMILES string of the molecule is O=Cc1cc(F)cc(OC/C=C/C(=O)O)c1. The third kappa shape index (κ3) is 3.91. The third-order valence-corrected chi connectivity index (χ3v) is 1.64. The van der Waals surface area contributed by atoms with Crippen molar-refractivity contribution in [2.24, 2.45) is 0 Å². The lowest BCUT2D eigenvalue weighted by Crippen LogP contribution is -1.97. The minimum Gasteiger partial charge on any atom is -0.489 e. The Bertz CT molecular complexity index is 426. The number of ether oxygens (including phenoxy) is 1. The standard InChI is InChI=1S/C11H9FO4/c12-9-4-8(7-13)5-10(6-9)16-3-1-2-11(14)15/h1-2,4-7H,3H2,(H,14,15)/b2-1+. The van der Waals surface area contributed by atoms with Gasteiger partial charge in [0.15, 0.2) is 0 Å². The molecule has 0 spiro atoms. The average molecular weight is 224 g/mol. The van der Waals surface area contributed by atoms with Crippen LogP contribution in [0.5, 0.6) is 5.75 Å². The summed E-state index contributed by atoms with van der Waals surface area (Å²) < 4.78 is 17.9. The first kappa shape index (κ1) is 11.9. The van der Waals surface area contributed by atoms with Crippen molar-refractivity contribution in [3.8, 4) is 5.75 Å². The molecule has 0 bridgehead atoms. The fourth-order valence-corrected chi connectivity index (χ4v) is 1.03. The van der Waals surface area contributed by atoms with Crippen molar-refractivity contribution < 1.29 is 23.8 Å². The molecule has 0 saturated carbocycles. The van der Waals surface area contributed by atoms with Crippen LogP contribution in [0.25, 0.3) is 0 Å². The van der Waals surface area contributed by atoms with Crippen molar-refractivity contribution in [2.45, 2.75) is 0 Å². The molecule has 0 aromatic heterocycles. The molecule has 1 aromatic rings. The molecule has 0 heterocycles. The van der Waals surface area contributed by atoms with E-state index in [1.165, 1.54) is 12.1 Å². The Kier molecular flexibility index (Phi) is 4.20. The summed E-state index contributed by atoms with van der Waals surface area (Å²) in [7, 11) is 0. The number of benzene rings is 1. The average Bonchev–Trinajstić information content (AvgIpc) is 2.23. The second-order valence-electron chi connectivity index (χ2n) is 2.89. The molecule has 16 heavy (non-hydrogen) atoms. The van der Waals surface area contributed by atoms with Crippen molar-refractivity contribution in [1.82, 2.24) is 0 Å². The highest BCUT2D eigenvalue weighted by Gasteiger charge is 2.00. The number of halogens is 1. The Balaban J connectivity index is 2.63. The van der Waals surface area contributed by atoms with Crippen LogP contribution in [0.1, 0.15) is 10.4 Å². The molecule has 0 atom stereocenters. The van der Waals surface area contributed by atoms with E-state index in [-0.39, 0.29) is 17.9 Å². The fourth-order valence-electron chi connectivity index (χ4n) is 1.03. The quantitative estimate of drug-likeness (QED) is 0.610. The Morgan fingerprint density at radius 1 is 1.44 bits per heavy atom. The molecule has 5 heteroatoms. The van der Waals surface area contributed by atoms with Crippen LogP contribution < -0.4 is 4.74 Å². The van der Waals surface area contributed by atoms with Crippen LogP contribution in [0.2, 0.25) is 0 Å². The molecule has 0 unspecified atom stereocenters. The van der Waals surface area contributed by atoms with Crippen LogP contribution in [0.4, 0.5) is 4.39 Å². The first-order chi connectivity index (χ1) is 7.61. The number of carbonyl (C=O) groups excluding carboxylic acids is 1. The van der Waals surface area contributed by atoms with Gasteiger partial charge in [-0.05, 0) is 18.2 Å². The van der Waals surface area contributed by atoms with Crippen molar-refractivity contribution in [3.05, 3.63) is 41.7 Å². The summed E-state index contributed by atoms with van der Waals surface area (Å²) in [6.45, 7) is -0.00590. The minimum atomic E-state index is -1.09. The Hall–Kier alpha value is -2.17. The molecule has 0 aliphatic rings. The summed E-state index contributed by atoms with van der Waals surface area (Å²) in [6.07, 6.45) is 2.69. The predicted molar refractivity (Wildman–Crippen MR) is 54.1 cm³/mol. The van der Waals surface area contributed by atoms with E-state index in [0.717, 1.165) is 18.2 Å². The largest absolute Gasteiger partial charge is 0.489 e. The summed E-state index contributed by atoms with van der Waals surface area (Å²) in [5.74, 6) is -1.49. The van der Waals surface area contributed by atoms with E-state index in [1.807, 2.05) is 0 Å². The molecule has 0 radical (unpaired) electrons. The van der Waals surface area contributed by atoms with Gasteiger partial charge in [0.2, 0.25) is 0 Å². The summed E-state index contributed by atoms with van der Waals surface area (Å²) in [6, 6.07) is 3.55. The minimum absolute atomic E-state index is 0.00590. The van der Waals surface area contributed by atoms with Gasteiger partial charge in [0, 0.05) is 17.7 Å². The molecular weight excluding hydrogens is 215 g/mol. The molecule has 4 nitrogen and oxygen atoms in total. The highest BCUT2D eigenvalue weighted by molar-refractivity contribution is 5.79. The van der Waals surface area contributed by atoms with E-state index >= 15 is 0 Å². The molecule has 0 amide bonds. The van der Waals surface area contributed by atoms with Gasteiger partial charge in [0.1, 0.15) is 24.5 Å². The lowest BCUT2D eigenvalue weighted by atomic mass is 10.2. The number of carboxylic acids is 1. The smallest absolute Gasteiger partial charge is 0.328 e. The summed E-state index contributed by atoms with van der Waals surface area (Å²) >= 11 is 0. The van der Waals surface area contributed by atoms with E-state index < -0.39 is 11.8 Å². The van der Waals surface area contributed by atoms with Gasteiger partial charge in [-0.1, -0.05) is 0 Å². The highest BCUT2D eigenvalue weighted by atomic mass is 19.1. The molecule has 0 fully saturated rings. The number of hydrogen-bond donors (Lipinski definition) is 1. The number of carbonyl (C=O) groups is 2. The second-order valence-corrected chi connectivity index (χ2v) is 2.89. The van der Waals surface area contributed by atoms with E-state index in [2.05, 4.69) is 0 Å². The predicted octanol–water partition coefficient (Wildman–Crippen LogP) is 1.66.